The van der Waals surface area contributed by atoms with E-state index in [0.29, 0.717) is 11.1 Å². The van der Waals surface area contributed by atoms with Crippen molar-refractivity contribution >= 4 is 64.6 Å². The van der Waals surface area contributed by atoms with Gasteiger partial charge in [0.2, 0.25) is 0 Å². The van der Waals surface area contributed by atoms with Gasteiger partial charge in [0.1, 0.15) is 0 Å². The van der Waals surface area contributed by atoms with Gasteiger partial charge < -0.3 is 0 Å². The molecule has 0 nitrogen and oxygen atoms in total. The molecule has 0 unspecified atom stereocenters. The van der Waals surface area contributed by atoms with Gasteiger partial charge in [-0.15, -0.1) is 37.1 Å². The minimum Gasteiger partial charge on any atom is -0.273 e. The molecule has 0 spiro atoms. The van der Waals surface area contributed by atoms with Crippen LogP contribution in [0.5, 0.6) is 0 Å². The summed E-state index contributed by atoms with van der Waals surface area (Å²) in [5.41, 5.74) is 2.26. The summed E-state index contributed by atoms with van der Waals surface area (Å²) in [7, 11) is 0. The van der Waals surface area contributed by atoms with E-state index in [1.54, 1.807) is 0 Å². The minimum absolute atomic E-state index is 0. The maximum atomic E-state index is 14.3. The van der Waals surface area contributed by atoms with Gasteiger partial charge >= 0.3 is 21.7 Å². The Morgan fingerprint density at radius 1 is 0.356 bits per heavy atom. The average molecular weight is 805 g/mol. The van der Waals surface area contributed by atoms with Crippen LogP contribution in [0.4, 0.5) is 17.6 Å². The Morgan fingerprint density at radius 2 is 0.695 bits per heavy atom. The second kappa shape index (κ2) is 17.3. The summed E-state index contributed by atoms with van der Waals surface area (Å²) in [6, 6.07) is 46.4. The Balaban J connectivity index is 0.000000131. The molecule has 0 aliphatic heterocycles. The first kappa shape index (κ1) is 39.5. The zero-order valence-corrected chi connectivity index (χ0v) is 33.2. The molecule has 0 radical (unpaired) electrons. The Kier molecular flexibility index (Phi) is 11.6. The second-order valence-electron chi connectivity index (χ2n) is 14.0. The summed E-state index contributed by atoms with van der Waals surface area (Å²) in [6.45, 7) is 0. The summed E-state index contributed by atoms with van der Waals surface area (Å²) >= 11 is 0. The Labute approximate surface area is 354 Å². The van der Waals surface area contributed by atoms with E-state index < -0.39 is 23.3 Å². The molecule has 0 heterocycles. The van der Waals surface area contributed by atoms with Crippen molar-refractivity contribution in [1.29, 1.82) is 0 Å². The Hall–Kier alpha value is -6.33. The molecule has 0 N–H and O–H groups in total. The zero-order chi connectivity index (χ0) is 39.6. The molecule has 5 heteroatoms. The molecular formula is C54H32F4Ti. The molecule has 59 heavy (non-hydrogen) atoms. The van der Waals surface area contributed by atoms with E-state index in [4.69, 9.17) is 0 Å². The van der Waals surface area contributed by atoms with Crippen molar-refractivity contribution in [2.75, 3.05) is 0 Å². The third-order valence-corrected chi connectivity index (χ3v) is 10.5. The predicted octanol–water partition coefficient (Wildman–Crippen LogP) is 15.3. The van der Waals surface area contributed by atoms with Crippen LogP contribution in [0, 0.1) is 47.6 Å². The number of allylic oxidation sites excluding steroid dienone is 8. The van der Waals surface area contributed by atoms with E-state index in [1.165, 1.54) is 35.0 Å². The standard InChI is InChI=1S/2C22H11F2.2C5H5.Ti/c2*23-16-8-11-18(20(24)12-16)17-9-6-15-5-4-13-2-1-3-14-7-10-19(17)22(15)21(13)14;2*1-2-4-5-3-1;/h2*1-11H;2*1-3H,4H2;/q4*-1;+4. The number of rotatable bonds is 2. The second-order valence-corrected chi connectivity index (χ2v) is 14.0. The smallest absolute Gasteiger partial charge is 0.273 e. The zero-order valence-electron chi connectivity index (χ0n) is 31.6. The third kappa shape index (κ3) is 7.82. The Morgan fingerprint density at radius 3 is 1.02 bits per heavy atom. The van der Waals surface area contributed by atoms with Gasteiger partial charge in [-0.1, -0.05) is 131 Å². The first-order valence-electron chi connectivity index (χ1n) is 19.0. The molecule has 0 amide bonds. The summed E-state index contributed by atoms with van der Waals surface area (Å²) in [5.74, 6) is -2.70. The van der Waals surface area contributed by atoms with E-state index in [1.807, 2.05) is 72.8 Å². The van der Waals surface area contributed by atoms with Gasteiger partial charge in [0.15, 0.2) is 0 Å². The molecular weight excluding hydrogens is 772 g/mol. The molecule has 10 aromatic rings. The van der Waals surface area contributed by atoms with Crippen LogP contribution in [0.1, 0.15) is 12.8 Å². The number of hydrogen-bond acceptors (Lipinski definition) is 0. The first-order valence-corrected chi connectivity index (χ1v) is 19.0. The van der Waals surface area contributed by atoms with E-state index in [-0.39, 0.29) is 21.7 Å². The summed E-state index contributed by atoms with van der Waals surface area (Å²) in [5, 5.41) is 13.4. The molecule has 0 saturated heterocycles. The monoisotopic (exact) mass is 804 g/mol. The van der Waals surface area contributed by atoms with Crippen LogP contribution in [-0.4, -0.2) is 0 Å². The van der Waals surface area contributed by atoms with Gasteiger partial charge in [0.05, 0.1) is 0 Å². The van der Waals surface area contributed by atoms with Gasteiger partial charge in [0.25, 0.3) is 0 Å². The largest absolute Gasteiger partial charge is 4.00 e. The molecule has 280 valence electrons. The van der Waals surface area contributed by atoms with Crippen LogP contribution in [0.25, 0.3) is 86.9 Å². The fourth-order valence-corrected chi connectivity index (χ4v) is 7.92. The molecule has 10 aromatic carbocycles. The molecule has 0 saturated carbocycles. The summed E-state index contributed by atoms with van der Waals surface area (Å²) in [4.78, 5) is 0. The van der Waals surface area contributed by atoms with Crippen LogP contribution in [-0.2, 0) is 21.7 Å². The number of hydrogen-bond donors (Lipinski definition) is 0. The van der Waals surface area contributed by atoms with Gasteiger partial charge in [-0.05, 0) is 64.6 Å². The molecule has 0 aromatic heterocycles. The van der Waals surface area contributed by atoms with E-state index >= 15 is 0 Å². The maximum absolute atomic E-state index is 14.3. The van der Waals surface area contributed by atoms with Crippen molar-refractivity contribution in [3.05, 3.63) is 217 Å². The van der Waals surface area contributed by atoms with Crippen LogP contribution < -0.4 is 0 Å². The van der Waals surface area contributed by atoms with Crippen molar-refractivity contribution in [1.82, 2.24) is 0 Å². The predicted molar refractivity (Wildman–Crippen MR) is 232 cm³/mol. The molecule has 0 atom stereocenters. The quantitative estimate of drug-likeness (QED) is 0.0707. The van der Waals surface area contributed by atoms with Crippen molar-refractivity contribution < 1.29 is 39.3 Å². The first-order chi connectivity index (χ1) is 28.4. The summed E-state index contributed by atoms with van der Waals surface area (Å²) < 4.78 is 54.9. The van der Waals surface area contributed by atoms with Gasteiger partial charge in [-0.2, -0.15) is 24.3 Å². The fraction of sp³-hybridized carbons (Fsp3) is 0.0370. The maximum Gasteiger partial charge on any atom is 4.00 e. The summed E-state index contributed by atoms with van der Waals surface area (Å²) in [6.07, 6.45) is 20.0. The van der Waals surface area contributed by atoms with Gasteiger partial charge in [0, 0.05) is 23.3 Å². The number of benzene rings is 10. The number of halogens is 4. The topological polar surface area (TPSA) is 0 Å². The molecule has 0 fully saturated rings. The van der Waals surface area contributed by atoms with E-state index in [9.17, 15) is 17.6 Å². The van der Waals surface area contributed by atoms with E-state index in [0.717, 1.165) is 77.8 Å². The normalized spacial score (nSPS) is 12.5. The SMILES string of the molecule is Fc1[c-]c(F)c(-c2ccc3ccc4cccc5ccc2c3c45)cc1.Fc1[c-]c(F)c(-c2ccc3ccc4cccc5ccc2c3c45)cc1.[C-]1=CC=CC1.[C-]1=CC=CC1.[Ti+4]. The van der Waals surface area contributed by atoms with E-state index in [2.05, 4.69) is 97.1 Å². The fourth-order valence-electron chi connectivity index (χ4n) is 7.92. The third-order valence-electron chi connectivity index (χ3n) is 10.5. The van der Waals surface area contributed by atoms with Crippen molar-refractivity contribution in [2.45, 2.75) is 12.8 Å². The van der Waals surface area contributed by atoms with Crippen LogP contribution in [0.15, 0.2) is 170 Å². The minimum atomic E-state index is -0.686. The molecule has 0 bridgehead atoms. The van der Waals surface area contributed by atoms with Gasteiger partial charge in [-0.3, -0.25) is 12.2 Å². The van der Waals surface area contributed by atoms with Crippen molar-refractivity contribution in [3.63, 3.8) is 0 Å². The van der Waals surface area contributed by atoms with Crippen molar-refractivity contribution in [2.24, 2.45) is 0 Å². The molecule has 2 aliphatic carbocycles. The molecule has 12 rings (SSSR count). The van der Waals surface area contributed by atoms with Crippen LogP contribution >= 0.6 is 0 Å². The molecule has 2 aliphatic rings. The van der Waals surface area contributed by atoms with Crippen LogP contribution in [0.2, 0.25) is 0 Å². The van der Waals surface area contributed by atoms with Crippen molar-refractivity contribution in [3.8, 4) is 22.3 Å². The van der Waals surface area contributed by atoms with Gasteiger partial charge in [-0.25, -0.2) is 41.9 Å². The average Bonchev–Trinajstić information content (AvgIpc) is 4.04. The Bertz CT molecular complexity index is 2960. The van der Waals surface area contributed by atoms with Crippen LogP contribution in [0.3, 0.4) is 0 Å².